The van der Waals surface area contributed by atoms with Crippen molar-refractivity contribution in [2.24, 2.45) is 10.4 Å². The summed E-state index contributed by atoms with van der Waals surface area (Å²) in [4.78, 5) is 7.05. The van der Waals surface area contributed by atoms with Gasteiger partial charge in [0.05, 0.1) is 12.7 Å². The van der Waals surface area contributed by atoms with Crippen LogP contribution in [0.25, 0.3) is 0 Å². The second-order valence-electron chi connectivity index (χ2n) is 9.08. The molecule has 1 aromatic carbocycles. The molecule has 4 rings (SSSR count). The van der Waals surface area contributed by atoms with Gasteiger partial charge >= 0.3 is 0 Å². The summed E-state index contributed by atoms with van der Waals surface area (Å²) in [7, 11) is 1.91. The predicted octanol–water partition coefficient (Wildman–Crippen LogP) is 4.73. The van der Waals surface area contributed by atoms with Gasteiger partial charge in [-0.05, 0) is 48.6 Å². The van der Waals surface area contributed by atoms with Crippen LogP contribution < -0.4 is 5.32 Å². The highest BCUT2D eigenvalue weighted by Crippen LogP contribution is 2.43. The number of hydrogen-bond donors (Lipinski definition) is 1. The van der Waals surface area contributed by atoms with Gasteiger partial charge in [-0.25, -0.2) is 0 Å². The second kappa shape index (κ2) is 11.7. The number of guanidine groups is 1. The molecular formula is C24H38IN3O2. The lowest BCUT2D eigenvalue weighted by Crippen LogP contribution is -2.41. The largest absolute Gasteiger partial charge is 0.381 e. The molecule has 0 bridgehead atoms. The average Bonchev–Trinajstić information content (AvgIpc) is 3.17. The normalized spacial score (nSPS) is 22.2. The minimum atomic E-state index is 0. The fourth-order valence-electron chi connectivity index (χ4n) is 5.23. The van der Waals surface area contributed by atoms with Crippen molar-refractivity contribution >= 4 is 29.9 Å². The quantitative estimate of drug-likeness (QED) is 0.342. The Balaban J connectivity index is 0.00000256. The molecule has 0 aromatic heterocycles. The van der Waals surface area contributed by atoms with Crippen molar-refractivity contribution in [3.8, 4) is 0 Å². The number of halogens is 1. The highest BCUT2D eigenvalue weighted by molar-refractivity contribution is 14.0. The topological polar surface area (TPSA) is 46.1 Å². The molecule has 1 N–H and O–H groups in total. The van der Waals surface area contributed by atoms with Crippen molar-refractivity contribution in [3.63, 3.8) is 0 Å². The van der Waals surface area contributed by atoms with Crippen molar-refractivity contribution in [2.45, 2.75) is 70.6 Å². The zero-order valence-corrected chi connectivity index (χ0v) is 20.7. The molecule has 1 aromatic rings. The van der Waals surface area contributed by atoms with Gasteiger partial charge in [-0.1, -0.05) is 43.5 Å². The van der Waals surface area contributed by atoms with Gasteiger partial charge < -0.3 is 19.7 Å². The Morgan fingerprint density at radius 2 is 1.93 bits per heavy atom. The van der Waals surface area contributed by atoms with E-state index >= 15 is 0 Å². The summed E-state index contributed by atoms with van der Waals surface area (Å²) in [5.74, 6) is 1.05. The molecular weight excluding hydrogens is 489 g/mol. The highest BCUT2D eigenvalue weighted by atomic mass is 127. The third kappa shape index (κ3) is 6.33. The summed E-state index contributed by atoms with van der Waals surface area (Å²) in [6.07, 6.45) is 10.7. The lowest BCUT2D eigenvalue weighted by Gasteiger charge is -2.33. The van der Waals surface area contributed by atoms with Crippen molar-refractivity contribution in [3.05, 3.63) is 35.4 Å². The number of nitrogens with zero attached hydrogens (tertiary/aromatic N) is 2. The van der Waals surface area contributed by atoms with E-state index in [-0.39, 0.29) is 24.0 Å². The van der Waals surface area contributed by atoms with Crippen molar-refractivity contribution in [1.82, 2.24) is 10.2 Å². The van der Waals surface area contributed by atoms with E-state index in [2.05, 4.69) is 39.5 Å². The van der Waals surface area contributed by atoms with E-state index in [0.29, 0.717) is 18.1 Å². The molecule has 1 spiro atoms. The summed E-state index contributed by atoms with van der Waals surface area (Å²) in [5.41, 5.74) is 3.08. The summed E-state index contributed by atoms with van der Waals surface area (Å²) >= 11 is 0. The van der Waals surface area contributed by atoms with Crippen molar-refractivity contribution < 1.29 is 9.47 Å². The molecule has 5 nitrogen and oxygen atoms in total. The van der Waals surface area contributed by atoms with E-state index < -0.39 is 0 Å². The molecule has 30 heavy (non-hydrogen) atoms. The molecule has 3 aliphatic rings. The van der Waals surface area contributed by atoms with Gasteiger partial charge in [0.25, 0.3) is 0 Å². The van der Waals surface area contributed by atoms with Gasteiger partial charge in [-0.3, -0.25) is 4.99 Å². The first-order valence-corrected chi connectivity index (χ1v) is 11.5. The molecule has 0 radical (unpaired) electrons. The molecule has 168 valence electrons. The fraction of sp³-hybridized carbons (Fsp3) is 0.708. The highest BCUT2D eigenvalue weighted by Gasteiger charge is 2.39. The van der Waals surface area contributed by atoms with Crippen LogP contribution in [0, 0.1) is 5.41 Å². The summed E-state index contributed by atoms with van der Waals surface area (Å²) < 4.78 is 11.5. The monoisotopic (exact) mass is 527 g/mol. The summed E-state index contributed by atoms with van der Waals surface area (Å²) in [6.45, 7) is 5.45. The van der Waals surface area contributed by atoms with Crippen LogP contribution in [0.4, 0.5) is 0 Å². The van der Waals surface area contributed by atoms with Crippen LogP contribution in [0.15, 0.2) is 29.3 Å². The fourth-order valence-corrected chi connectivity index (χ4v) is 5.23. The van der Waals surface area contributed by atoms with Gasteiger partial charge in [0, 0.05) is 39.9 Å². The number of nitrogens with one attached hydrogen (secondary N) is 1. The van der Waals surface area contributed by atoms with Gasteiger partial charge in [0.15, 0.2) is 5.96 Å². The maximum absolute atomic E-state index is 6.08. The zero-order valence-electron chi connectivity index (χ0n) is 18.4. The summed E-state index contributed by atoms with van der Waals surface area (Å²) in [5, 5.41) is 3.60. The lowest BCUT2D eigenvalue weighted by atomic mass is 9.73. The molecule has 2 aliphatic heterocycles. The summed E-state index contributed by atoms with van der Waals surface area (Å²) in [6, 6.07) is 8.73. The van der Waals surface area contributed by atoms with Gasteiger partial charge in [0.1, 0.15) is 0 Å². The first kappa shape index (κ1) is 23.8. The first-order valence-electron chi connectivity index (χ1n) is 11.5. The van der Waals surface area contributed by atoms with Crippen LogP contribution in [0.2, 0.25) is 0 Å². The number of hydrogen-bond acceptors (Lipinski definition) is 3. The zero-order chi connectivity index (χ0) is 19.9. The maximum atomic E-state index is 6.08. The Morgan fingerprint density at radius 1 is 1.17 bits per heavy atom. The maximum Gasteiger partial charge on any atom is 0.193 e. The Labute approximate surface area is 199 Å². The Bertz CT molecular complexity index is 685. The molecule has 2 heterocycles. The molecule has 3 fully saturated rings. The lowest BCUT2D eigenvalue weighted by molar-refractivity contribution is -0.0390. The van der Waals surface area contributed by atoms with E-state index in [0.717, 1.165) is 45.1 Å². The SMILES string of the molecule is CN=C(NCc1cccc(COC2CCOCC2)c1)N1CCC2(CCCCC2)C1.I. The van der Waals surface area contributed by atoms with Crippen LogP contribution in [-0.2, 0) is 22.6 Å². The van der Waals surface area contributed by atoms with Crippen LogP contribution in [0.5, 0.6) is 0 Å². The van der Waals surface area contributed by atoms with Gasteiger partial charge in [-0.2, -0.15) is 0 Å². The number of rotatable bonds is 5. The third-order valence-corrected chi connectivity index (χ3v) is 6.96. The van der Waals surface area contributed by atoms with E-state index in [4.69, 9.17) is 9.47 Å². The Hall–Kier alpha value is -0.860. The molecule has 0 unspecified atom stereocenters. The molecule has 6 heteroatoms. The molecule has 1 saturated carbocycles. The van der Waals surface area contributed by atoms with E-state index in [1.54, 1.807) is 0 Å². The average molecular weight is 527 g/mol. The van der Waals surface area contributed by atoms with Crippen LogP contribution >= 0.6 is 24.0 Å². The standard InChI is InChI=1S/C24H37N3O2.HI/c1-25-23(27-13-12-24(19-27)10-3-2-4-11-24)26-17-20-6-5-7-21(16-20)18-29-22-8-14-28-15-9-22;/h5-7,16,22H,2-4,8-15,17-19H2,1H3,(H,25,26);1H. The third-order valence-electron chi connectivity index (χ3n) is 6.96. The number of ether oxygens (including phenoxy) is 2. The van der Waals surface area contributed by atoms with Crippen molar-refractivity contribution in [1.29, 1.82) is 0 Å². The van der Waals surface area contributed by atoms with Gasteiger partial charge in [0.2, 0.25) is 0 Å². The smallest absolute Gasteiger partial charge is 0.193 e. The van der Waals surface area contributed by atoms with Crippen molar-refractivity contribution in [2.75, 3.05) is 33.4 Å². The van der Waals surface area contributed by atoms with E-state index in [1.807, 2.05) is 7.05 Å². The second-order valence-corrected chi connectivity index (χ2v) is 9.08. The number of aliphatic imine (C=N–C) groups is 1. The number of likely N-dealkylation sites (tertiary alicyclic amines) is 1. The Morgan fingerprint density at radius 3 is 2.70 bits per heavy atom. The first-order chi connectivity index (χ1) is 14.3. The molecule has 1 aliphatic carbocycles. The van der Waals surface area contributed by atoms with E-state index in [9.17, 15) is 0 Å². The molecule has 0 amide bonds. The molecule has 2 saturated heterocycles. The van der Waals surface area contributed by atoms with Crippen LogP contribution in [0.1, 0.15) is 62.5 Å². The minimum Gasteiger partial charge on any atom is -0.381 e. The van der Waals surface area contributed by atoms with E-state index in [1.165, 1.54) is 56.2 Å². The van der Waals surface area contributed by atoms with Gasteiger partial charge in [-0.15, -0.1) is 24.0 Å². The number of benzene rings is 1. The van der Waals surface area contributed by atoms with Crippen LogP contribution in [-0.4, -0.2) is 50.3 Å². The minimum absolute atomic E-state index is 0. The molecule has 0 atom stereocenters. The Kier molecular flexibility index (Phi) is 9.26. The predicted molar refractivity (Wildman–Crippen MR) is 132 cm³/mol. The van der Waals surface area contributed by atoms with Crippen LogP contribution in [0.3, 0.4) is 0 Å².